The van der Waals surface area contributed by atoms with Crippen molar-refractivity contribution >= 4 is 44.2 Å². The lowest BCUT2D eigenvalue weighted by molar-refractivity contribution is 0.0953. The summed E-state index contributed by atoms with van der Waals surface area (Å²) in [4.78, 5) is 24.6. The van der Waals surface area contributed by atoms with E-state index < -0.39 is 0 Å². The highest BCUT2D eigenvalue weighted by Crippen LogP contribution is 2.21. The van der Waals surface area contributed by atoms with Crippen molar-refractivity contribution < 1.29 is 14.3 Å². The van der Waals surface area contributed by atoms with E-state index in [0.29, 0.717) is 46.6 Å². The predicted molar refractivity (Wildman–Crippen MR) is 116 cm³/mol. The first kappa shape index (κ1) is 20.9. The van der Waals surface area contributed by atoms with E-state index in [2.05, 4.69) is 36.8 Å². The maximum atomic E-state index is 12.5. The van der Waals surface area contributed by atoms with Crippen molar-refractivity contribution in [2.24, 2.45) is 0 Å². The van der Waals surface area contributed by atoms with Crippen LogP contribution in [0.3, 0.4) is 0 Å². The molecule has 0 spiro atoms. The van der Waals surface area contributed by atoms with Crippen LogP contribution < -0.4 is 15.4 Å². The Morgan fingerprint density at radius 1 is 1.10 bits per heavy atom. The molecule has 3 rings (SSSR count). The summed E-state index contributed by atoms with van der Waals surface area (Å²) in [6.07, 6.45) is 0.517. The van der Waals surface area contributed by atoms with Gasteiger partial charge in [0.2, 0.25) is 5.13 Å². The standard InChI is InChI=1S/C20H19BrN4O3S/c1-2-28-16-9-4-3-8-15(16)19(27)23-20-25-24-17(29-20)10-11-22-18(26)13-6-5-7-14(21)12-13/h3-9,12H,2,10-11H2,1H3,(H,22,26)(H,23,25,27). The molecule has 0 radical (unpaired) electrons. The number of ether oxygens (including phenoxy) is 1. The van der Waals surface area contributed by atoms with Gasteiger partial charge in [-0.15, -0.1) is 10.2 Å². The van der Waals surface area contributed by atoms with Gasteiger partial charge in [0.25, 0.3) is 11.8 Å². The summed E-state index contributed by atoms with van der Waals surface area (Å²) < 4.78 is 6.33. The van der Waals surface area contributed by atoms with Gasteiger partial charge in [0.05, 0.1) is 12.2 Å². The number of halogens is 1. The number of rotatable bonds is 8. The zero-order chi connectivity index (χ0) is 20.6. The van der Waals surface area contributed by atoms with Crippen LogP contribution in [0.1, 0.15) is 32.6 Å². The second kappa shape index (κ2) is 10.1. The lowest BCUT2D eigenvalue weighted by Crippen LogP contribution is -2.25. The van der Waals surface area contributed by atoms with E-state index in [0.717, 1.165) is 4.47 Å². The minimum atomic E-state index is -0.306. The van der Waals surface area contributed by atoms with Crippen molar-refractivity contribution in [1.82, 2.24) is 15.5 Å². The zero-order valence-electron chi connectivity index (χ0n) is 15.6. The number of nitrogens with zero attached hydrogens (tertiary/aromatic N) is 2. The van der Waals surface area contributed by atoms with E-state index in [1.54, 1.807) is 30.3 Å². The molecule has 0 fully saturated rings. The average molecular weight is 475 g/mol. The Kier molecular flexibility index (Phi) is 7.31. The molecule has 3 aromatic rings. The van der Waals surface area contributed by atoms with Gasteiger partial charge in [-0.2, -0.15) is 0 Å². The topological polar surface area (TPSA) is 93.2 Å². The first-order valence-electron chi connectivity index (χ1n) is 8.96. The molecular weight excluding hydrogens is 456 g/mol. The molecule has 29 heavy (non-hydrogen) atoms. The van der Waals surface area contributed by atoms with Gasteiger partial charge in [-0.3, -0.25) is 14.9 Å². The van der Waals surface area contributed by atoms with Gasteiger partial charge in [0.15, 0.2) is 0 Å². The Morgan fingerprint density at radius 3 is 2.72 bits per heavy atom. The van der Waals surface area contributed by atoms with Crippen LogP contribution in [0.15, 0.2) is 53.0 Å². The van der Waals surface area contributed by atoms with E-state index >= 15 is 0 Å². The molecule has 7 nitrogen and oxygen atoms in total. The van der Waals surface area contributed by atoms with E-state index in [-0.39, 0.29) is 11.8 Å². The van der Waals surface area contributed by atoms with Gasteiger partial charge in [-0.25, -0.2) is 0 Å². The molecule has 150 valence electrons. The molecule has 1 heterocycles. The molecule has 0 saturated heterocycles. The minimum Gasteiger partial charge on any atom is -0.493 e. The van der Waals surface area contributed by atoms with Crippen LogP contribution in [0.2, 0.25) is 0 Å². The Balaban J connectivity index is 1.53. The van der Waals surface area contributed by atoms with Gasteiger partial charge in [0.1, 0.15) is 10.8 Å². The Bertz CT molecular complexity index is 1010. The van der Waals surface area contributed by atoms with Gasteiger partial charge in [0, 0.05) is 23.0 Å². The van der Waals surface area contributed by atoms with Crippen LogP contribution in [0.5, 0.6) is 5.75 Å². The predicted octanol–water partition coefficient (Wildman–Crippen LogP) is 3.92. The Labute approximate surface area is 180 Å². The van der Waals surface area contributed by atoms with E-state index in [9.17, 15) is 9.59 Å². The van der Waals surface area contributed by atoms with Crippen LogP contribution in [0.4, 0.5) is 5.13 Å². The quantitative estimate of drug-likeness (QED) is 0.515. The number of benzene rings is 2. The van der Waals surface area contributed by atoms with Gasteiger partial charge in [-0.1, -0.05) is 45.5 Å². The third-order valence-electron chi connectivity index (χ3n) is 3.83. The largest absolute Gasteiger partial charge is 0.493 e. The molecule has 2 amide bonds. The Hall–Kier alpha value is -2.78. The third kappa shape index (κ3) is 5.85. The highest BCUT2D eigenvalue weighted by Gasteiger charge is 2.14. The molecule has 0 saturated carbocycles. The second-order valence-corrected chi connectivity index (χ2v) is 7.88. The lowest BCUT2D eigenvalue weighted by atomic mass is 10.2. The van der Waals surface area contributed by atoms with E-state index in [4.69, 9.17) is 4.74 Å². The summed E-state index contributed by atoms with van der Waals surface area (Å²) in [7, 11) is 0. The van der Waals surface area contributed by atoms with Crippen LogP contribution in [-0.2, 0) is 6.42 Å². The molecule has 1 aromatic heterocycles. The zero-order valence-corrected chi connectivity index (χ0v) is 18.0. The summed E-state index contributed by atoms with van der Waals surface area (Å²) in [6.45, 7) is 2.75. The maximum Gasteiger partial charge on any atom is 0.261 e. The van der Waals surface area contributed by atoms with Gasteiger partial charge >= 0.3 is 0 Å². The highest BCUT2D eigenvalue weighted by molar-refractivity contribution is 9.10. The van der Waals surface area contributed by atoms with Crippen LogP contribution >= 0.6 is 27.3 Å². The Morgan fingerprint density at radius 2 is 1.93 bits per heavy atom. The number of carbonyl (C=O) groups is 2. The molecule has 0 unspecified atom stereocenters. The number of aromatic nitrogens is 2. The fourth-order valence-electron chi connectivity index (χ4n) is 2.52. The average Bonchev–Trinajstić information content (AvgIpc) is 3.15. The first-order valence-corrected chi connectivity index (χ1v) is 10.6. The van der Waals surface area contributed by atoms with E-state index in [1.807, 2.05) is 25.1 Å². The summed E-state index contributed by atoms with van der Waals surface area (Å²) >= 11 is 4.62. The smallest absolute Gasteiger partial charge is 0.261 e. The normalized spacial score (nSPS) is 10.4. The molecule has 0 aliphatic rings. The van der Waals surface area contributed by atoms with Crippen molar-refractivity contribution in [3.63, 3.8) is 0 Å². The highest BCUT2D eigenvalue weighted by atomic mass is 79.9. The van der Waals surface area contributed by atoms with Crippen LogP contribution in [0, 0.1) is 0 Å². The number of hydrogen-bond acceptors (Lipinski definition) is 6. The third-order valence-corrected chi connectivity index (χ3v) is 5.22. The monoisotopic (exact) mass is 474 g/mol. The number of hydrogen-bond donors (Lipinski definition) is 2. The minimum absolute atomic E-state index is 0.156. The second-order valence-electron chi connectivity index (χ2n) is 5.90. The molecule has 9 heteroatoms. The van der Waals surface area contributed by atoms with E-state index in [1.165, 1.54) is 11.3 Å². The van der Waals surface area contributed by atoms with Crippen LogP contribution in [0.25, 0.3) is 0 Å². The van der Waals surface area contributed by atoms with Crippen molar-refractivity contribution in [1.29, 1.82) is 0 Å². The summed E-state index contributed by atoms with van der Waals surface area (Å²) in [6, 6.07) is 14.2. The van der Waals surface area contributed by atoms with Gasteiger partial charge < -0.3 is 10.1 Å². The van der Waals surface area contributed by atoms with Crippen molar-refractivity contribution in [2.75, 3.05) is 18.5 Å². The number of carbonyl (C=O) groups excluding carboxylic acids is 2. The number of anilines is 1. The fourth-order valence-corrected chi connectivity index (χ4v) is 3.65. The summed E-state index contributed by atoms with van der Waals surface area (Å²) in [5, 5.41) is 14.8. The summed E-state index contributed by atoms with van der Waals surface area (Å²) in [5.74, 6) is 0.0593. The molecule has 2 aromatic carbocycles. The van der Waals surface area contributed by atoms with Crippen molar-refractivity contribution in [3.05, 3.63) is 69.1 Å². The fraction of sp³-hybridized carbons (Fsp3) is 0.200. The number of nitrogens with one attached hydrogen (secondary N) is 2. The van der Waals surface area contributed by atoms with Crippen molar-refractivity contribution in [3.8, 4) is 5.75 Å². The lowest BCUT2D eigenvalue weighted by Gasteiger charge is -2.08. The molecular formula is C20H19BrN4O3S. The number of para-hydroxylation sites is 1. The SMILES string of the molecule is CCOc1ccccc1C(=O)Nc1nnc(CCNC(=O)c2cccc(Br)c2)s1. The molecule has 0 atom stereocenters. The summed E-state index contributed by atoms with van der Waals surface area (Å²) in [5.41, 5.74) is 1.02. The molecule has 2 N–H and O–H groups in total. The molecule has 0 bridgehead atoms. The van der Waals surface area contributed by atoms with Crippen molar-refractivity contribution in [2.45, 2.75) is 13.3 Å². The first-order chi connectivity index (χ1) is 14.1. The number of amides is 2. The molecule has 0 aliphatic carbocycles. The maximum absolute atomic E-state index is 12.5. The molecule has 0 aliphatic heterocycles. The van der Waals surface area contributed by atoms with Crippen LogP contribution in [-0.4, -0.2) is 35.2 Å². The van der Waals surface area contributed by atoms with Gasteiger partial charge in [-0.05, 0) is 37.3 Å².